The molecule has 0 saturated carbocycles. The van der Waals surface area contributed by atoms with Crippen LogP contribution in [0, 0.1) is 0 Å². The third-order valence-corrected chi connectivity index (χ3v) is 4.27. The number of nitrogens with zero attached hydrogens (tertiary/aromatic N) is 1. The van der Waals surface area contributed by atoms with Crippen molar-refractivity contribution in [1.82, 2.24) is 4.90 Å². The van der Waals surface area contributed by atoms with E-state index in [1.54, 1.807) is 0 Å². The molecule has 1 heterocycles. The minimum atomic E-state index is 0.316. The van der Waals surface area contributed by atoms with E-state index in [4.69, 9.17) is 0 Å². The molecule has 3 rings (SSSR count). The Labute approximate surface area is 129 Å². The molecule has 0 aliphatic carbocycles. The lowest BCUT2D eigenvalue weighted by molar-refractivity contribution is 0.309. The van der Waals surface area contributed by atoms with E-state index in [2.05, 4.69) is 72.5 Å². The third-order valence-electron chi connectivity index (χ3n) is 4.27. The van der Waals surface area contributed by atoms with Crippen molar-refractivity contribution in [3.63, 3.8) is 0 Å². The predicted octanol–water partition coefficient (Wildman–Crippen LogP) is 4.88. The SMILES string of the molecule is CC.CC1(c2ccccc2)CCN(Cc2ccccc2)C1. The second-order valence-electron chi connectivity index (χ2n) is 5.87. The zero-order valence-electron chi connectivity index (χ0n) is 13.5. The highest BCUT2D eigenvalue weighted by Crippen LogP contribution is 2.34. The highest BCUT2D eigenvalue weighted by atomic mass is 15.2. The van der Waals surface area contributed by atoms with Crippen LogP contribution < -0.4 is 0 Å². The maximum absolute atomic E-state index is 2.57. The van der Waals surface area contributed by atoms with Gasteiger partial charge in [0.1, 0.15) is 0 Å². The van der Waals surface area contributed by atoms with E-state index in [1.807, 2.05) is 13.8 Å². The van der Waals surface area contributed by atoms with Gasteiger partial charge in [0.25, 0.3) is 0 Å². The fourth-order valence-corrected chi connectivity index (χ4v) is 3.11. The van der Waals surface area contributed by atoms with Crippen LogP contribution in [-0.2, 0) is 12.0 Å². The van der Waals surface area contributed by atoms with Crippen molar-refractivity contribution in [1.29, 1.82) is 0 Å². The van der Waals surface area contributed by atoms with Gasteiger partial charge < -0.3 is 0 Å². The quantitative estimate of drug-likeness (QED) is 0.775. The summed E-state index contributed by atoms with van der Waals surface area (Å²) in [6.45, 7) is 9.82. The summed E-state index contributed by atoms with van der Waals surface area (Å²) in [6, 6.07) is 21.7. The van der Waals surface area contributed by atoms with Crippen molar-refractivity contribution in [2.24, 2.45) is 0 Å². The molecule has 1 nitrogen and oxygen atoms in total. The summed E-state index contributed by atoms with van der Waals surface area (Å²) in [6.07, 6.45) is 1.25. The lowest BCUT2D eigenvalue weighted by Crippen LogP contribution is -2.27. The van der Waals surface area contributed by atoms with Gasteiger partial charge in [0, 0.05) is 18.5 Å². The molecule has 1 saturated heterocycles. The van der Waals surface area contributed by atoms with E-state index in [9.17, 15) is 0 Å². The predicted molar refractivity (Wildman–Crippen MR) is 91.5 cm³/mol. The summed E-state index contributed by atoms with van der Waals surface area (Å²) in [5, 5.41) is 0. The summed E-state index contributed by atoms with van der Waals surface area (Å²) in [7, 11) is 0. The van der Waals surface area contributed by atoms with Crippen LogP contribution in [0.2, 0.25) is 0 Å². The Hall–Kier alpha value is -1.60. The molecule has 112 valence electrons. The molecule has 2 aromatic carbocycles. The van der Waals surface area contributed by atoms with Crippen LogP contribution in [0.3, 0.4) is 0 Å². The van der Waals surface area contributed by atoms with Crippen LogP contribution in [0.25, 0.3) is 0 Å². The highest BCUT2D eigenvalue weighted by Gasteiger charge is 2.34. The normalized spacial score (nSPS) is 21.7. The first-order valence-electron chi connectivity index (χ1n) is 8.08. The molecule has 1 heteroatoms. The molecule has 2 aromatic rings. The number of benzene rings is 2. The van der Waals surface area contributed by atoms with Crippen molar-refractivity contribution < 1.29 is 0 Å². The largest absolute Gasteiger partial charge is 0.298 e. The Morgan fingerprint density at radius 2 is 1.48 bits per heavy atom. The average molecular weight is 281 g/mol. The fraction of sp³-hybridized carbons (Fsp3) is 0.400. The molecule has 1 aliphatic heterocycles. The molecule has 0 radical (unpaired) electrons. The first-order valence-corrected chi connectivity index (χ1v) is 8.08. The molecule has 1 aliphatic rings. The molecule has 0 bridgehead atoms. The number of hydrogen-bond acceptors (Lipinski definition) is 1. The van der Waals surface area contributed by atoms with Crippen LogP contribution >= 0.6 is 0 Å². The van der Waals surface area contributed by atoms with Gasteiger partial charge in [0.15, 0.2) is 0 Å². The Kier molecular flexibility index (Phi) is 5.58. The monoisotopic (exact) mass is 281 g/mol. The number of hydrogen-bond donors (Lipinski definition) is 0. The molecule has 0 spiro atoms. The van der Waals surface area contributed by atoms with E-state index in [0.29, 0.717) is 5.41 Å². The minimum Gasteiger partial charge on any atom is -0.298 e. The Morgan fingerprint density at radius 1 is 0.905 bits per heavy atom. The van der Waals surface area contributed by atoms with Gasteiger partial charge >= 0.3 is 0 Å². The van der Waals surface area contributed by atoms with Gasteiger partial charge in [0.2, 0.25) is 0 Å². The third kappa shape index (κ3) is 3.95. The van der Waals surface area contributed by atoms with Gasteiger partial charge in [0.05, 0.1) is 0 Å². The standard InChI is InChI=1S/C18H21N.C2H6/c1-18(17-10-6-3-7-11-17)12-13-19(15-18)14-16-8-4-2-5-9-16;1-2/h2-11H,12-15H2,1H3;1-2H3. The van der Waals surface area contributed by atoms with E-state index >= 15 is 0 Å². The molecular weight excluding hydrogens is 254 g/mol. The van der Waals surface area contributed by atoms with Crippen molar-refractivity contribution in [3.05, 3.63) is 71.8 Å². The molecule has 0 N–H and O–H groups in total. The van der Waals surface area contributed by atoms with Gasteiger partial charge in [-0.3, -0.25) is 4.90 Å². The lowest BCUT2D eigenvalue weighted by atomic mass is 9.82. The van der Waals surface area contributed by atoms with E-state index in [-0.39, 0.29) is 0 Å². The smallest absolute Gasteiger partial charge is 0.0234 e. The number of likely N-dealkylation sites (tertiary alicyclic amines) is 1. The van der Waals surface area contributed by atoms with Crippen molar-refractivity contribution in [3.8, 4) is 0 Å². The van der Waals surface area contributed by atoms with E-state index in [0.717, 1.165) is 13.1 Å². The summed E-state index contributed by atoms with van der Waals surface area (Å²) in [5.41, 5.74) is 3.21. The summed E-state index contributed by atoms with van der Waals surface area (Å²) in [4.78, 5) is 2.57. The van der Waals surface area contributed by atoms with Gasteiger partial charge in [-0.15, -0.1) is 0 Å². The summed E-state index contributed by atoms with van der Waals surface area (Å²) >= 11 is 0. The van der Waals surface area contributed by atoms with Crippen LogP contribution in [0.1, 0.15) is 38.3 Å². The molecule has 1 atom stereocenters. The van der Waals surface area contributed by atoms with Gasteiger partial charge in [-0.05, 0) is 24.1 Å². The van der Waals surface area contributed by atoms with Crippen LogP contribution in [-0.4, -0.2) is 18.0 Å². The molecule has 1 fully saturated rings. The maximum Gasteiger partial charge on any atom is 0.0234 e. The second kappa shape index (κ2) is 7.42. The van der Waals surface area contributed by atoms with E-state index in [1.165, 1.54) is 24.1 Å². The van der Waals surface area contributed by atoms with Crippen molar-refractivity contribution >= 4 is 0 Å². The topological polar surface area (TPSA) is 3.24 Å². The van der Waals surface area contributed by atoms with Crippen LogP contribution in [0.4, 0.5) is 0 Å². The van der Waals surface area contributed by atoms with Crippen molar-refractivity contribution in [2.45, 2.75) is 39.2 Å². The van der Waals surface area contributed by atoms with Gasteiger partial charge in [-0.1, -0.05) is 81.4 Å². The second-order valence-corrected chi connectivity index (χ2v) is 5.87. The summed E-state index contributed by atoms with van der Waals surface area (Å²) in [5.74, 6) is 0. The summed E-state index contributed by atoms with van der Waals surface area (Å²) < 4.78 is 0. The molecule has 0 amide bonds. The van der Waals surface area contributed by atoms with Crippen LogP contribution in [0.5, 0.6) is 0 Å². The zero-order chi connectivity index (χ0) is 15.1. The minimum absolute atomic E-state index is 0.316. The zero-order valence-corrected chi connectivity index (χ0v) is 13.5. The highest BCUT2D eigenvalue weighted by molar-refractivity contribution is 5.26. The maximum atomic E-state index is 2.57. The molecular formula is C20H27N. The first-order chi connectivity index (χ1) is 10.3. The Balaban J connectivity index is 0.000000774. The molecule has 21 heavy (non-hydrogen) atoms. The van der Waals surface area contributed by atoms with Gasteiger partial charge in [-0.25, -0.2) is 0 Å². The van der Waals surface area contributed by atoms with Gasteiger partial charge in [-0.2, -0.15) is 0 Å². The Morgan fingerprint density at radius 3 is 2.10 bits per heavy atom. The fourth-order valence-electron chi connectivity index (χ4n) is 3.11. The first kappa shape index (κ1) is 15.8. The van der Waals surface area contributed by atoms with Crippen LogP contribution in [0.15, 0.2) is 60.7 Å². The Bertz CT molecular complexity index is 520. The molecule has 1 unspecified atom stereocenters. The van der Waals surface area contributed by atoms with E-state index < -0.39 is 0 Å². The average Bonchev–Trinajstić information content (AvgIpc) is 2.94. The molecule has 0 aromatic heterocycles. The lowest BCUT2D eigenvalue weighted by Gasteiger charge is -2.25. The number of rotatable bonds is 3. The van der Waals surface area contributed by atoms with Crippen molar-refractivity contribution in [2.75, 3.05) is 13.1 Å².